The fourth-order valence-electron chi connectivity index (χ4n) is 4.91. The van der Waals surface area contributed by atoms with Crippen LogP contribution in [0.3, 0.4) is 0 Å². The number of guanidine groups is 1. The summed E-state index contributed by atoms with van der Waals surface area (Å²) in [4.78, 5) is 11.7. The number of fused-ring (bicyclic) bond motifs is 2. The molecule has 2 heterocycles. The lowest BCUT2D eigenvalue weighted by Crippen LogP contribution is -2.42. The zero-order chi connectivity index (χ0) is 25.1. The van der Waals surface area contributed by atoms with Crippen LogP contribution < -0.4 is 10.1 Å². The first-order valence-corrected chi connectivity index (χ1v) is 13.0. The van der Waals surface area contributed by atoms with Crippen LogP contribution in [0.1, 0.15) is 35.2 Å². The summed E-state index contributed by atoms with van der Waals surface area (Å²) in [7, 11) is 1.63. The number of benzene rings is 2. The van der Waals surface area contributed by atoms with Crippen LogP contribution in [0.2, 0.25) is 5.02 Å². The second kappa shape index (κ2) is 10.7. The standard InChI is InChI=1S/C28H25BrClN5O/c1-36-24-7-5-23(6-8-24)34-28(33-17-31)35-12-10-18(11-13-35)26-25-9-4-22(30)15-19(25)2-3-20-14-21(29)16-32-27(20)26/h4-9,14-16H,2-3,10-13H2,1H3,(H,33,34). The molecule has 0 bridgehead atoms. The van der Waals surface area contributed by atoms with Crippen LogP contribution in [0.15, 0.2) is 69.8 Å². The number of hydrogen-bond donors (Lipinski definition) is 1. The Morgan fingerprint density at radius 3 is 2.56 bits per heavy atom. The zero-order valence-electron chi connectivity index (χ0n) is 19.9. The predicted molar refractivity (Wildman–Crippen MR) is 146 cm³/mol. The highest BCUT2D eigenvalue weighted by Gasteiger charge is 2.26. The van der Waals surface area contributed by atoms with E-state index < -0.39 is 0 Å². The summed E-state index contributed by atoms with van der Waals surface area (Å²) in [5.41, 5.74) is 8.14. The van der Waals surface area contributed by atoms with Gasteiger partial charge >= 0.3 is 0 Å². The Hall–Kier alpha value is -3.34. The third-order valence-electron chi connectivity index (χ3n) is 6.67. The normalized spacial score (nSPS) is 15.5. The average molecular weight is 563 g/mol. The minimum absolute atomic E-state index is 0.558. The molecule has 5 rings (SSSR count). The molecule has 36 heavy (non-hydrogen) atoms. The molecule has 0 amide bonds. The number of likely N-dealkylation sites (tertiary alicyclic amines) is 1. The van der Waals surface area contributed by atoms with E-state index in [0.717, 1.165) is 65.4 Å². The molecule has 0 spiro atoms. The SMILES string of the molecule is COc1ccc(N=C(NC#N)N2CCC(=C3c4ccc(Cl)cc4CCc4cc(Br)cnc43)CC2)cc1. The number of nitrogens with zero attached hydrogens (tertiary/aromatic N) is 4. The van der Waals surface area contributed by atoms with Gasteiger partial charge in [-0.25, -0.2) is 4.99 Å². The van der Waals surface area contributed by atoms with Gasteiger partial charge in [-0.2, -0.15) is 5.26 Å². The summed E-state index contributed by atoms with van der Waals surface area (Å²) in [6.07, 6.45) is 7.47. The van der Waals surface area contributed by atoms with Crippen molar-refractivity contribution in [1.82, 2.24) is 15.2 Å². The number of nitrogens with one attached hydrogen (secondary N) is 1. The molecular formula is C28H25BrClN5O. The van der Waals surface area contributed by atoms with Crippen LogP contribution in [0.5, 0.6) is 5.75 Å². The van der Waals surface area contributed by atoms with Crippen molar-refractivity contribution in [3.63, 3.8) is 0 Å². The number of aromatic nitrogens is 1. The van der Waals surface area contributed by atoms with Crippen molar-refractivity contribution in [3.05, 3.63) is 92.2 Å². The van der Waals surface area contributed by atoms with Gasteiger partial charge in [-0.1, -0.05) is 23.2 Å². The van der Waals surface area contributed by atoms with E-state index in [0.29, 0.717) is 5.96 Å². The van der Waals surface area contributed by atoms with Crippen LogP contribution in [0.25, 0.3) is 5.57 Å². The molecule has 1 aromatic heterocycles. The van der Waals surface area contributed by atoms with Gasteiger partial charge in [-0.3, -0.25) is 10.3 Å². The Kier molecular flexibility index (Phi) is 7.26. The second-order valence-electron chi connectivity index (χ2n) is 8.80. The number of rotatable bonds is 2. The first-order valence-electron chi connectivity index (χ1n) is 11.8. The van der Waals surface area contributed by atoms with Crippen LogP contribution >= 0.6 is 27.5 Å². The molecule has 1 aliphatic carbocycles. The Labute approximate surface area is 224 Å². The van der Waals surface area contributed by atoms with Crippen molar-refractivity contribution in [1.29, 1.82) is 5.26 Å². The van der Waals surface area contributed by atoms with E-state index in [1.165, 1.54) is 27.8 Å². The molecule has 0 unspecified atom stereocenters. The average Bonchev–Trinajstić information content (AvgIpc) is 3.05. The molecular weight excluding hydrogens is 538 g/mol. The van der Waals surface area contributed by atoms with Crippen LogP contribution in [-0.2, 0) is 12.8 Å². The number of hydrogen-bond acceptors (Lipinski definition) is 4. The first-order chi connectivity index (χ1) is 17.6. The molecule has 0 radical (unpaired) electrons. The third-order valence-corrected chi connectivity index (χ3v) is 7.33. The molecule has 1 fully saturated rings. The van der Waals surface area contributed by atoms with Crippen molar-refractivity contribution in [2.45, 2.75) is 25.7 Å². The molecule has 8 heteroatoms. The van der Waals surface area contributed by atoms with Crippen LogP contribution in [-0.4, -0.2) is 36.0 Å². The fraction of sp³-hybridized carbons (Fsp3) is 0.250. The third kappa shape index (κ3) is 5.11. The highest BCUT2D eigenvalue weighted by Crippen LogP contribution is 2.39. The van der Waals surface area contributed by atoms with Gasteiger partial charge in [0.25, 0.3) is 0 Å². The molecule has 6 nitrogen and oxygen atoms in total. The van der Waals surface area contributed by atoms with Crippen molar-refractivity contribution < 1.29 is 4.74 Å². The maximum Gasteiger partial charge on any atom is 0.212 e. The van der Waals surface area contributed by atoms with Gasteiger partial charge in [0.2, 0.25) is 5.96 Å². The Balaban J connectivity index is 1.48. The summed E-state index contributed by atoms with van der Waals surface area (Å²) in [5.74, 6) is 1.33. The van der Waals surface area contributed by atoms with Gasteiger partial charge in [0.05, 0.1) is 18.5 Å². The van der Waals surface area contributed by atoms with E-state index in [9.17, 15) is 5.26 Å². The maximum absolute atomic E-state index is 9.36. The maximum atomic E-state index is 9.36. The van der Waals surface area contributed by atoms with Gasteiger partial charge in [-0.05, 0) is 101 Å². The van der Waals surface area contributed by atoms with Gasteiger partial charge in [0.1, 0.15) is 5.75 Å². The van der Waals surface area contributed by atoms with Gasteiger partial charge < -0.3 is 9.64 Å². The zero-order valence-corrected chi connectivity index (χ0v) is 22.2. The summed E-state index contributed by atoms with van der Waals surface area (Å²) in [5, 5.41) is 12.9. The van der Waals surface area contributed by atoms with Crippen molar-refractivity contribution >= 4 is 44.8 Å². The smallest absolute Gasteiger partial charge is 0.212 e. The number of aliphatic imine (C=N–C) groups is 1. The molecule has 1 N–H and O–H groups in total. The fourth-order valence-corrected chi connectivity index (χ4v) is 5.48. The number of pyridine rings is 1. The minimum atomic E-state index is 0.558. The van der Waals surface area contributed by atoms with Crippen molar-refractivity contribution in [2.75, 3.05) is 20.2 Å². The molecule has 0 saturated carbocycles. The number of nitriles is 1. The van der Waals surface area contributed by atoms with E-state index in [2.05, 4.69) is 44.3 Å². The van der Waals surface area contributed by atoms with Crippen LogP contribution in [0, 0.1) is 11.5 Å². The van der Waals surface area contributed by atoms with Gasteiger partial charge in [0.15, 0.2) is 6.19 Å². The van der Waals surface area contributed by atoms with E-state index in [1.807, 2.05) is 42.7 Å². The van der Waals surface area contributed by atoms with Gasteiger partial charge in [0, 0.05) is 34.4 Å². The highest BCUT2D eigenvalue weighted by molar-refractivity contribution is 9.10. The lowest BCUT2D eigenvalue weighted by atomic mass is 9.88. The van der Waals surface area contributed by atoms with Crippen molar-refractivity contribution in [3.8, 4) is 11.9 Å². The number of ether oxygens (including phenoxy) is 1. The topological polar surface area (TPSA) is 73.5 Å². The lowest BCUT2D eigenvalue weighted by molar-refractivity contribution is 0.380. The number of halogens is 2. The number of piperidine rings is 1. The Bertz CT molecular complexity index is 1330. The van der Waals surface area contributed by atoms with E-state index >= 15 is 0 Å². The second-order valence-corrected chi connectivity index (χ2v) is 10.2. The van der Waals surface area contributed by atoms with Crippen LogP contribution in [0.4, 0.5) is 5.69 Å². The lowest BCUT2D eigenvalue weighted by Gasteiger charge is -2.32. The van der Waals surface area contributed by atoms with E-state index in [-0.39, 0.29) is 0 Å². The highest BCUT2D eigenvalue weighted by atomic mass is 79.9. The first kappa shape index (κ1) is 24.4. The molecule has 0 atom stereocenters. The summed E-state index contributed by atoms with van der Waals surface area (Å²) >= 11 is 9.96. The quantitative estimate of drug-likeness (QED) is 0.173. The van der Waals surface area contributed by atoms with Gasteiger partial charge in [-0.15, -0.1) is 0 Å². The molecule has 2 aliphatic rings. The largest absolute Gasteiger partial charge is 0.497 e. The van der Waals surface area contributed by atoms with Crippen molar-refractivity contribution in [2.24, 2.45) is 4.99 Å². The van der Waals surface area contributed by atoms with E-state index in [1.54, 1.807) is 7.11 Å². The van der Waals surface area contributed by atoms with E-state index in [4.69, 9.17) is 26.3 Å². The molecule has 2 aromatic carbocycles. The summed E-state index contributed by atoms with van der Waals surface area (Å²) in [6.45, 7) is 1.49. The molecule has 182 valence electrons. The number of aryl methyl sites for hydroxylation is 2. The molecule has 1 saturated heterocycles. The molecule has 1 aliphatic heterocycles. The summed E-state index contributed by atoms with van der Waals surface area (Å²) < 4.78 is 6.22. The Morgan fingerprint density at radius 1 is 1.08 bits per heavy atom. The summed E-state index contributed by atoms with van der Waals surface area (Å²) in [6, 6.07) is 15.9. The predicted octanol–water partition coefficient (Wildman–Crippen LogP) is 6.26. The molecule has 3 aromatic rings. The Morgan fingerprint density at radius 2 is 1.83 bits per heavy atom. The minimum Gasteiger partial charge on any atom is -0.497 e. The monoisotopic (exact) mass is 561 g/mol. The number of methoxy groups -OCH3 is 1.